The van der Waals surface area contributed by atoms with Crippen molar-refractivity contribution < 1.29 is 4.79 Å². The van der Waals surface area contributed by atoms with E-state index in [-0.39, 0.29) is 5.91 Å². The maximum absolute atomic E-state index is 12.0. The van der Waals surface area contributed by atoms with Crippen molar-refractivity contribution in [3.8, 4) is 0 Å². The number of rotatable bonds is 3. The minimum absolute atomic E-state index is 0.107. The van der Waals surface area contributed by atoms with E-state index < -0.39 is 0 Å². The number of hydrogen-bond acceptors (Lipinski definition) is 2. The summed E-state index contributed by atoms with van der Waals surface area (Å²) in [6, 6.07) is 11.3. The molecular weight excluding hydrogens is 274 g/mol. The number of pyridine rings is 1. The minimum atomic E-state index is -0.107. The van der Waals surface area contributed by atoms with E-state index in [2.05, 4.69) is 15.3 Å². The van der Waals surface area contributed by atoms with E-state index >= 15 is 0 Å². The third kappa shape index (κ3) is 2.65. The van der Waals surface area contributed by atoms with E-state index in [0.29, 0.717) is 17.3 Å². The van der Waals surface area contributed by atoms with Gasteiger partial charge >= 0.3 is 0 Å². The molecule has 0 unspecified atom stereocenters. The van der Waals surface area contributed by atoms with Crippen LogP contribution in [0.2, 0.25) is 5.02 Å². The highest BCUT2D eigenvalue weighted by molar-refractivity contribution is 6.30. The monoisotopic (exact) mass is 285 g/mol. The number of aromatic amines is 1. The molecule has 2 N–H and O–H groups in total. The van der Waals surface area contributed by atoms with Gasteiger partial charge in [0, 0.05) is 23.3 Å². The lowest BCUT2D eigenvalue weighted by atomic mass is 10.1. The van der Waals surface area contributed by atoms with Crippen LogP contribution in [-0.2, 0) is 11.2 Å². The molecule has 3 rings (SSSR count). The summed E-state index contributed by atoms with van der Waals surface area (Å²) in [7, 11) is 0. The number of aromatic nitrogens is 2. The van der Waals surface area contributed by atoms with Gasteiger partial charge in [-0.25, -0.2) is 4.98 Å². The summed E-state index contributed by atoms with van der Waals surface area (Å²) < 4.78 is 0. The van der Waals surface area contributed by atoms with E-state index in [0.717, 1.165) is 16.5 Å². The van der Waals surface area contributed by atoms with Crippen molar-refractivity contribution in [3.05, 3.63) is 59.4 Å². The Hall–Kier alpha value is -2.33. The van der Waals surface area contributed by atoms with Gasteiger partial charge in [-0.3, -0.25) is 4.79 Å². The van der Waals surface area contributed by atoms with Crippen molar-refractivity contribution in [2.45, 2.75) is 6.42 Å². The fourth-order valence-corrected chi connectivity index (χ4v) is 2.20. The third-order valence-electron chi connectivity index (χ3n) is 3.02. The van der Waals surface area contributed by atoms with Gasteiger partial charge in [0.1, 0.15) is 5.82 Å². The van der Waals surface area contributed by atoms with Crippen LogP contribution in [-0.4, -0.2) is 15.9 Å². The molecule has 0 fully saturated rings. The molecule has 0 radical (unpaired) electrons. The minimum Gasteiger partial charge on any atom is -0.361 e. The van der Waals surface area contributed by atoms with E-state index in [1.807, 2.05) is 30.5 Å². The Labute approximate surface area is 120 Å². The molecule has 20 heavy (non-hydrogen) atoms. The maximum atomic E-state index is 12.0. The van der Waals surface area contributed by atoms with Gasteiger partial charge in [0.15, 0.2) is 0 Å². The number of halogens is 1. The topological polar surface area (TPSA) is 57.8 Å². The second kappa shape index (κ2) is 5.35. The Morgan fingerprint density at radius 1 is 1.25 bits per heavy atom. The number of nitrogens with zero attached hydrogens (tertiary/aromatic N) is 1. The standard InChI is InChI=1S/C15H12ClN3O/c16-11-5-6-14(18-9-11)19-15(20)7-10-8-17-13-4-2-1-3-12(10)13/h1-6,8-9,17H,7H2,(H,18,19,20). The molecule has 0 saturated carbocycles. The van der Waals surface area contributed by atoms with Crippen LogP contribution in [0.3, 0.4) is 0 Å². The first kappa shape index (κ1) is 12.7. The Morgan fingerprint density at radius 3 is 2.90 bits per heavy atom. The smallest absolute Gasteiger partial charge is 0.230 e. The Bertz CT molecular complexity index is 749. The molecule has 0 aliphatic rings. The van der Waals surface area contributed by atoms with Crippen molar-refractivity contribution in [1.29, 1.82) is 0 Å². The zero-order valence-corrected chi connectivity index (χ0v) is 11.3. The quantitative estimate of drug-likeness (QED) is 0.775. The van der Waals surface area contributed by atoms with Crippen molar-refractivity contribution in [2.24, 2.45) is 0 Å². The number of nitrogens with one attached hydrogen (secondary N) is 2. The second-order valence-corrected chi connectivity index (χ2v) is 4.88. The molecule has 4 nitrogen and oxygen atoms in total. The molecular formula is C15H12ClN3O. The molecule has 3 aromatic rings. The summed E-state index contributed by atoms with van der Waals surface area (Å²) in [5.41, 5.74) is 1.99. The number of carbonyl (C=O) groups is 1. The highest BCUT2D eigenvalue weighted by Crippen LogP contribution is 2.18. The molecule has 0 aliphatic heterocycles. The second-order valence-electron chi connectivity index (χ2n) is 4.45. The normalized spacial score (nSPS) is 10.7. The van der Waals surface area contributed by atoms with Crippen LogP contribution in [0, 0.1) is 0 Å². The number of benzene rings is 1. The molecule has 5 heteroatoms. The number of anilines is 1. The first-order valence-corrected chi connectivity index (χ1v) is 6.56. The molecule has 0 saturated heterocycles. The van der Waals surface area contributed by atoms with Gasteiger partial charge in [0.2, 0.25) is 5.91 Å². The first-order chi connectivity index (χ1) is 9.72. The third-order valence-corrected chi connectivity index (χ3v) is 3.24. The molecule has 0 bridgehead atoms. The lowest BCUT2D eigenvalue weighted by molar-refractivity contribution is -0.115. The van der Waals surface area contributed by atoms with Crippen molar-refractivity contribution >= 4 is 34.2 Å². The molecule has 1 aromatic carbocycles. The van der Waals surface area contributed by atoms with Crippen LogP contribution >= 0.6 is 11.6 Å². The number of carbonyl (C=O) groups excluding carboxylic acids is 1. The fourth-order valence-electron chi connectivity index (χ4n) is 2.09. The van der Waals surface area contributed by atoms with Crippen LogP contribution in [0.25, 0.3) is 10.9 Å². The average molecular weight is 286 g/mol. The van der Waals surface area contributed by atoms with Gasteiger partial charge in [-0.05, 0) is 23.8 Å². The maximum Gasteiger partial charge on any atom is 0.230 e. The lowest BCUT2D eigenvalue weighted by Gasteiger charge is -2.03. The predicted molar refractivity (Wildman–Crippen MR) is 79.9 cm³/mol. The van der Waals surface area contributed by atoms with Crippen LogP contribution in [0.5, 0.6) is 0 Å². The summed E-state index contributed by atoms with van der Waals surface area (Å²) in [5, 5.41) is 4.35. The molecule has 0 atom stereocenters. The number of fused-ring (bicyclic) bond motifs is 1. The van der Waals surface area contributed by atoms with Gasteiger partial charge in [0.25, 0.3) is 0 Å². The molecule has 2 heterocycles. The Morgan fingerprint density at radius 2 is 2.10 bits per heavy atom. The average Bonchev–Trinajstić information content (AvgIpc) is 2.85. The molecule has 0 spiro atoms. The van der Waals surface area contributed by atoms with Crippen LogP contribution < -0.4 is 5.32 Å². The Balaban J connectivity index is 1.74. The number of amides is 1. The lowest BCUT2D eigenvalue weighted by Crippen LogP contribution is -2.14. The van der Waals surface area contributed by atoms with Crippen molar-refractivity contribution in [2.75, 3.05) is 5.32 Å². The number of hydrogen-bond donors (Lipinski definition) is 2. The summed E-state index contributed by atoms with van der Waals surface area (Å²) >= 11 is 5.75. The highest BCUT2D eigenvalue weighted by atomic mass is 35.5. The van der Waals surface area contributed by atoms with E-state index in [1.165, 1.54) is 6.20 Å². The van der Waals surface area contributed by atoms with E-state index in [9.17, 15) is 4.79 Å². The fraction of sp³-hybridized carbons (Fsp3) is 0.0667. The van der Waals surface area contributed by atoms with Gasteiger partial charge in [0.05, 0.1) is 11.4 Å². The largest absolute Gasteiger partial charge is 0.361 e. The first-order valence-electron chi connectivity index (χ1n) is 6.19. The van der Waals surface area contributed by atoms with Crippen LogP contribution in [0.4, 0.5) is 5.82 Å². The van der Waals surface area contributed by atoms with Crippen molar-refractivity contribution in [3.63, 3.8) is 0 Å². The van der Waals surface area contributed by atoms with Gasteiger partial charge in [-0.15, -0.1) is 0 Å². The summed E-state index contributed by atoms with van der Waals surface area (Å²) in [6.07, 6.45) is 3.66. The van der Waals surface area contributed by atoms with Gasteiger partial charge < -0.3 is 10.3 Å². The number of para-hydroxylation sites is 1. The van der Waals surface area contributed by atoms with Gasteiger partial charge in [-0.2, -0.15) is 0 Å². The van der Waals surface area contributed by atoms with Gasteiger partial charge in [-0.1, -0.05) is 29.8 Å². The van der Waals surface area contributed by atoms with Crippen LogP contribution in [0.1, 0.15) is 5.56 Å². The number of H-pyrrole nitrogens is 1. The van der Waals surface area contributed by atoms with E-state index in [1.54, 1.807) is 12.1 Å². The highest BCUT2D eigenvalue weighted by Gasteiger charge is 2.09. The molecule has 0 aliphatic carbocycles. The Kier molecular flexibility index (Phi) is 3.39. The predicted octanol–water partition coefficient (Wildman–Crippen LogP) is 3.40. The summed E-state index contributed by atoms with van der Waals surface area (Å²) in [6.45, 7) is 0. The molecule has 100 valence electrons. The summed E-state index contributed by atoms with van der Waals surface area (Å²) in [5.74, 6) is 0.392. The molecule has 1 amide bonds. The van der Waals surface area contributed by atoms with E-state index in [4.69, 9.17) is 11.6 Å². The van der Waals surface area contributed by atoms with Crippen molar-refractivity contribution in [1.82, 2.24) is 9.97 Å². The summed E-state index contributed by atoms with van der Waals surface area (Å²) in [4.78, 5) is 19.2. The van der Waals surface area contributed by atoms with Crippen LogP contribution in [0.15, 0.2) is 48.8 Å². The zero-order valence-electron chi connectivity index (χ0n) is 10.6. The SMILES string of the molecule is O=C(Cc1c[nH]c2ccccc12)Nc1ccc(Cl)cn1. The zero-order chi connectivity index (χ0) is 13.9. The molecule has 2 aromatic heterocycles.